The van der Waals surface area contributed by atoms with Crippen molar-refractivity contribution in [3.8, 4) is 0 Å². The first-order valence-corrected chi connectivity index (χ1v) is 5.84. The van der Waals surface area contributed by atoms with Gasteiger partial charge in [0.05, 0.1) is 12.1 Å². The van der Waals surface area contributed by atoms with Crippen molar-refractivity contribution in [1.82, 2.24) is 10.2 Å². The first-order chi connectivity index (χ1) is 7.33. The normalized spacial score (nSPS) is 25.8. The van der Waals surface area contributed by atoms with Gasteiger partial charge in [0.1, 0.15) is 0 Å². The molecule has 0 saturated carbocycles. The number of likely N-dealkylation sites (N-methyl/N-ethyl adjacent to an activating group) is 1. The van der Waals surface area contributed by atoms with Crippen molar-refractivity contribution in [1.29, 1.82) is 0 Å². The summed E-state index contributed by atoms with van der Waals surface area (Å²) in [4.78, 5) is 13.9. The molecule has 4 nitrogen and oxygen atoms in total. The van der Waals surface area contributed by atoms with E-state index in [1.807, 2.05) is 11.9 Å². The van der Waals surface area contributed by atoms with Crippen LogP contribution in [0.1, 0.15) is 27.2 Å². The van der Waals surface area contributed by atoms with E-state index >= 15 is 0 Å². The summed E-state index contributed by atoms with van der Waals surface area (Å²) in [5.74, 6) is 0.175. The van der Waals surface area contributed by atoms with Gasteiger partial charge >= 0.3 is 0 Å². The lowest BCUT2D eigenvalue weighted by Crippen LogP contribution is -2.44. The van der Waals surface area contributed by atoms with E-state index in [0.717, 1.165) is 19.5 Å². The lowest BCUT2D eigenvalue weighted by Gasteiger charge is -2.28. The molecule has 1 N–H and O–H groups in total. The Labute approximate surface area is 98.3 Å². The number of nitrogens with one attached hydrogen (secondary N) is 1. The fraction of sp³-hybridized carbons (Fsp3) is 0.917. The number of ether oxygens (including phenoxy) is 1. The Morgan fingerprint density at radius 1 is 1.50 bits per heavy atom. The van der Waals surface area contributed by atoms with Crippen molar-refractivity contribution in [2.75, 3.05) is 27.2 Å². The molecule has 1 aliphatic rings. The van der Waals surface area contributed by atoms with Crippen molar-refractivity contribution >= 4 is 5.91 Å². The van der Waals surface area contributed by atoms with Crippen LogP contribution in [0, 0.1) is 5.41 Å². The SMILES string of the molecule is COC1CNC(C(=O)N(C)CC(C)(C)C)C1. The van der Waals surface area contributed by atoms with Gasteiger partial charge in [-0.1, -0.05) is 20.8 Å². The predicted molar refractivity (Wildman–Crippen MR) is 64.3 cm³/mol. The lowest BCUT2D eigenvalue weighted by molar-refractivity contribution is -0.133. The van der Waals surface area contributed by atoms with Gasteiger partial charge in [-0.25, -0.2) is 0 Å². The molecule has 4 heteroatoms. The Hall–Kier alpha value is -0.610. The smallest absolute Gasteiger partial charge is 0.239 e. The van der Waals surface area contributed by atoms with Crippen LogP contribution in [-0.2, 0) is 9.53 Å². The quantitative estimate of drug-likeness (QED) is 0.779. The molecule has 1 amide bonds. The minimum Gasteiger partial charge on any atom is -0.380 e. The number of methoxy groups -OCH3 is 1. The largest absolute Gasteiger partial charge is 0.380 e. The highest BCUT2D eigenvalue weighted by Gasteiger charge is 2.32. The van der Waals surface area contributed by atoms with Crippen LogP contribution in [0.2, 0.25) is 0 Å². The van der Waals surface area contributed by atoms with Crippen LogP contribution < -0.4 is 5.32 Å². The summed E-state index contributed by atoms with van der Waals surface area (Å²) in [5.41, 5.74) is 0.143. The second-order valence-electron chi connectivity index (χ2n) is 5.81. The molecular weight excluding hydrogens is 204 g/mol. The number of nitrogens with zero attached hydrogens (tertiary/aromatic N) is 1. The molecule has 0 bridgehead atoms. The highest BCUT2D eigenvalue weighted by Crippen LogP contribution is 2.17. The van der Waals surface area contributed by atoms with Crippen molar-refractivity contribution in [2.45, 2.75) is 39.3 Å². The third-order valence-corrected chi connectivity index (χ3v) is 2.81. The van der Waals surface area contributed by atoms with E-state index in [1.54, 1.807) is 7.11 Å². The van der Waals surface area contributed by atoms with Gasteiger partial charge in [-0.3, -0.25) is 4.79 Å². The molecule has 94 valence electrons. The third-order valence-electron chi connectivity index (χ3n) is 2.81. The maximum atomic E-state index is 12.1. The maximum absolute atomic E-state index is 12.1. The molecule has 1 saturated heterocycles. The van der Waals surface area contributed by atoms with E-state index < -0.39 is 0 Å². The van der Waals surface area contributed by atoms with Crippen molar-refractivity contribution in [2.24, 2.45) is 5.41 Å². The molecule has 1 fully saturated rings. The van der Waals surface area contributed by atoms with Gasteiger partial charge in [0.25, 0.3) is 0 Å². The zero-order valence-electron chi connectivity index (χ0n) is 11.0. The fourth-order valence-electron chi connectivity index (χ4n) is 2.13. The van der Waals surface area contributed by atoms with Crippen molar-refractivity contribution in [3.63, 3.8) is 0 Å². The Bertz CT molecular complexity index is 248. The van der Waals surface area contributed by atoms with Crippen LogP contribution >= 0.6 is 0 Å². The molecule has 0 spiro atoms. The molecule has 1 rings (SSSR count). The number of rotatable bonds is 3. The molecule has 0 aromatic heterocycles. The van der Waals surface area contributed by atoms with E-state index in [9.17, 15) is 4.79 Å². The summed E-state index contributed by atoms with van der Waals surface area (Å²) >= 11 is 0. The Balaban J connectivity index is 2.46. The van der Waals surface area contributed by atoms with Gasteiger partial charge < -0.3 is 15.0 Å². The Kier molecular flexibility index (Phi) is 4.33. The first-order valence-electron chi connectivity index (χ1n) is 5.84. The second kappa shape index (κ2) is 5.15. The molecule has 1 aliphatic heterocycles. The summed E-state index contributed by atoms with van der Waals surface area (Å²) in [6.07, 6.45) is 0.959. The van der Waals surface area contributed by atoms with Crippen molar-refractivity contribution < 1.29 is 9.53 Å². The van der Waals surface area contributed by atoms with Gasteiger partial charge in [-0.15, -0.1) is 0 Å². The van der Waals surface area contributed by atoms with Gasteiger partial charge in [-0.05, 0) is 11.8 Å². The molecule has 0 radical (unpaired) electrons. The summed E-state index contributed by atoms with van der Waals surface area (Å²) < 4.78 is 5.24. The third kappa shape index (κ3) is 3.76. The van der Waals surface area contributed by atoms with Crippen LogP contribution in [0.15, 0.2) is 0 Å². The molecular formula is C12H24N2O2. The van der Waals surface area contributed by atoms with Crippen LogP contribution in [0.3, 0.4) is 0 Å². The minimum absolute atomic E-state index is 0.0719. The summed E-state index contributed by atoms with van der Waals surface area (Å²) in [6.45, 7) is 7.96. The van der Waals surface area contributed by atoms with Crippen LogP contribution in [-0.4, -0.2) is 50.2 Å². The van der Waals surface area contributed by atoms with E-state index in [4.69, 9.17) is 4.74 Å². The predicted octanol–water partition coefficient (Wildman–Crippen LogP) is 0.868. The van der Waals surface area contributed by atoms with Gasteiger partial charge in [0, 0.05) is 27.2 Å². The monoisotopic (exact) mass is 228 g/mol. The number of amides is 1. The molecule has 0 aliphatic carbocycles. The van der Waals surface area contributed by atoms with Gasteiger partial charge in [-0.2, -0.15) is 0 Å². The molecule has 1 heterocycles. The molecule has 2 unspecified atom stereocenters. The maximum Gasteiger partial charge on any atom is 0.239 e. The lowest BCUT2D eigenvalue weighted by atomic mass is 9.96. The van der Waals surface area contributed by atoms with Gasteiger partial charge in [0.2, 0.25) is 5.91 Å². The average Bonchev–Trinajstić information content (AvgIpc) is 2.61. The first kappa shape index (κ1) is 13.5. The number of carbonyl (C=O) groups is 1. The summed E-state index contributed by atoms with van der Waals surface area (Å²) in [6, 6.07) is -0.0719. The average molecular weight is 228 g/mol. The molecule has 0 aromatic carbocycles. The highest BCUT2D eigenvalue weighted by molar-refractivity contribution is 5.82. The standard InChI is InChI=1S/C12H24N2O2/c1-12(2,3)8-14(4)11(15)10-6-9(16-5)7-13-10/h9-10,13H,6-8H2,1-5H3. The highest BCUT2D eigenvalue weighted by atomic mass is 16.5. The number of carbonyl (C=O) groups excluding carboxylic acids is 1. The van der Waals surface area contributed by atoms with Gasteiger partial charge in [0.15, 0.2) is 0 Å². The molecule has 2 atom stereocenters. The molecule has 16 heavy (non-hydrogen) atoms. The fourth-order valence-corrected chi connectivity index (χ4v) is 2.13. The van der Waals surface area contributed by atoms with Crippen molar-refractivity contribution in [3.05, 3.63) is 0 Å². The summed E-state index contributed by atoms with van der Waals surface area (Å²) in [5, 5.41) is 3.21. The van der Waals surface area contributed by atoms with E-state index in [2.05, 4.69) is 26.1 Å². The topological polar surface area (TPSA) is 41.6 Å². The van der Waals surface area contributed by atoms with E-state index in [1.165, 1.54) is 0 Å². The zero-order chi connectivity index (χ0) is 12.3. The van der Waals surface area contributed by atoms with Crippen LogP contribution in [0.5, 0.6) is 0 Å². The van der Waals surface area contributed by atoms with Crippen LogP contribution in [0.4, 0.5) is 0 Å². The minimum atomic E-state index is -0.0719. The molecule has 0 aromatic rings. The Morgan fingerprint density at radius 2 is 2.12 bits per heavy atom. The Morgan fingerprint density at radius 3 is 2.56 bits per heavy atom. The number of hydrogen-bond acceptors (Lipinski definition) is 3. The van der Waals surface area contributed by atoms with E-state index in [0.29, 0.717) is 0 Å². The number of hydrogen-bond donors (Lipinski definition) is 1. The zero-order valence-corrected chi connectivity index (χ0v) is 11.0. The second-order valence-corrected chi connectivity index (χ2v) is 5.81. The summed E-state index contributed by atoms with van der Waals surface area (Å²) in [7, 11) is 3.56. The van der Waals surface area contributed by atoms with E-state index in [-0.39, 0.29) is 23.5 Å². The van der Waals surface area contributed by atoms with Crippen LogP contribution in [0.25, 0.3) is 0 Å².